The van der Waals surface area contributed by atoms with Crippen molar-refractivity contribution in [1.82, 2.24) is 0 Å². The highest BCUT2D eigenvalue weighted by molar-refractivity contribution is 7.80. The summed E-state index contributed by atoms with van der Waals surface area (Å²) in [5.41, 5.74) is 4.51. The second kappa shape index (κ2) is 4.43. The molecular weight excluding hydrogens is 140 g/mol. The topological polar surface area (TPSA) is 0 Å². The summed E-state index contributed by atoms with van der Waals surface area (Å²) in [5.74, 6) is 1.00. The van der Waals surface area contributed by atoms with Gasteiger partial charge in [0, 0.05) is 0 Å². The SMILES string of the molecule is SCCCCC1=C=CC=C1. The fourth-order valence-electron chi connectivity index (χ4n) is 0.950. The maximum absolute atomic E-state index is 4.14. The third-order valence-corrected chi connectivity index (χ3v) is 1.83. The van der Waals surface area contributed by atoms with Crippen LogP contribution >= 0.6 is 12.6 Å². The van der Waals surface area contributed by atoms with E-state index in [9.17, 15) is 0 Å². The molecule has 0 fully saturated rings. The van der Waals surface area contributed by atoms with E-state index in [0.717, 1.165) is 12.2 Å². The van der Waals surface area contributed by atoms with Crippen LogP contribution in [0.5, 0.6) is 0 Å². The average molecular weight is 152 g/mol. The molecule has 0 heterocycles. The molecular formula is C9H12S. The number of hydrogen-bond donors (Lipinski definition) is 1. The average Bonchev–Trinajstić information content (AvgIpc) is 2.41. The zero-order valence-electron chi connectivity index (χ0n) is 6.01. The molecule has 0 aromatic carbocycles. The molecule has 0 spiro atoms. The zero-order valence-corrected chi connectivity index (χ0v) is 6.90. The van der Waals surface area contributed by atoms with Crippen molar-refractivity contribution < 1.29 is 0 Å². The molecule has 0 atom stereocenters. The first-order valence-electron chi connectivity index (χ1n) is 3.66. The largest absolute Gasteiger partial charge is 0.179 e. The fraction of sp³-hybridized carbons (Fsp3) is 0.444. The molecule has 0 saturated heterocycles. The van der Waals surface area contributed by atoms with Crippen LogP contribution in [0.25, 0.3) is 0 Å². The highest BCUT2D eigenvalue weighted by Gasteiger charge is 1.93. The summed E-state index contributed by atoms with van der Waals surface area (Å²) in [6.07, 6.45) is 9.74. The molecule has 0 bridgehead atoms. The Kier molecular flexibility index (Phi) is 3.42. The minimum Gasteiger partial charge on any atom is -0.179 e. The molecule has 0 amide bonds. The van der Waals surface area contributed by atoms with Crippen molar-refractivity contribution in [3.8, 4) is 0 Å². The summed E-state index contributed by atoms with van der Waals surface area (Å²) < 4.78 is 0. The first kappa shape index (κ1) is 7.71. The van der Waals surface area contributed by atoms with Gasteiger partial charge in [-0.05, 0) is 36.7 Å². The molecule has 0 N–H and O–H groups in total. The van der Waals surface area contributed by atoms with E-state index in [1.807, 2.05) is 12.2 Å². The third-order valence-electron chi connectivity index (χ3n) is 1.52. The predicted octanol–water partition coefficient (Wildman–Crippen LogP) is 2.74. The van der Waals surface area contributed by atoms with Crippen LogP contribution in [-0.2, 0) is 0 Å². The van der Waals surface area contributed by atoms with Crippen molar-refractivity contribution in [3.63, 3.8) is 0 Å². The molecule has 0 aromatic heterocycles. The van der Waals surface area contributed by atoms with Crippen LogP contribution in [0.15, 0.2) is 29.5 Å². The number of hydrogen-bond acceptors (Lipinski definition) is 1. The monoisotopic (exact) mass is 152 g/mol. The quantitative estimate of drug-likeness (QED) is 0.357. The van der Waals surface area contributed by atoms with E-state index in [0.29, 0.717) is 0 Å². The highest BCUT2D eigenvalue weighted by Crippen LogP contribution is 2.10. The van der Waals surface area contributed by atoms with E-state index in [2.05, 4.69) is 24.4 Å². The fourth-order valence-corrected chi connectivity index (χ4v) is 1.17. The normalized spacial score (nSPS) is 14.3. The lowest BCUT2D eigenvalue weighted by atomic mass is 10.1. The van der Waals surface area contributed by atoms with Crippen molar-refractivity contribution in [2.75, 3.05) is 5.75 Å². The van der Waals surface area contributed by atoms with Gasteiger partial charge >= 0.3 is 0 Å². The molecule has 0 aliphatic heterocycles. The Hall–Kier alpha value is -0.390. The summed E-state index contributed by atoms with van der Waals surface area (Å²) in [4.78, 5) is 0. The molecule has 54 valence electrons. The predicted molar refractivity (Wildman–Crippen MR) is 48.4 cm³/mol. The van der Waals surface area contributed by atoms with Gasteiger partial charge in [0.2, 0.25) is 0 Å². The van der Waals surface area contributed by atoms with E-state index in [1.165, 1.54) is 18.4 Å². The van der Waals surface area contributed by atoms with Crippen LogP contribution in [0.3, 0.4) is 0 Å². The van der Waals surface area contributed by atoms with Gasteiger partial charge in [-0.2, -0.15) is 12.6 Å². The molecule has 10 heavy (non-hydrogen) atoms. The van der Waals surface area contributed by atoms with Crippen LogP contribution in [0.2, 0.25) is 0 Å². The Morgan fingerprint density at radius 2 is 2.30 bits per heavy atom. The van der Waals surface area contributed by atoms with Crippen LogP contribution in [0.1, 0.15) is 19.3 Å². The minimum atomic E-state index is 1.00. The summed E-state index contributed by atoms with van der Waals surface area (Å²) in [6, 6.07) is 0. The maximum Gasteiger partial charge on any atom is -0.00601 e. The molecule has 0 unspecified atom stereocenters. The summed E-state index contributed by atoms with van der Waals surface area (Å²) in [6.45, 7) is 0. The summed E-state index contributed by atoms with van der Waals surface area (Å²) in [7, 11) is 0. The first-order valence-corrected chi connectivity index (χ1v) is 4.30. The van der Waals surface area contributed by atoms with E-state index in [1.54, 1.807) is 0 Å². The summed E-state index contributed by atoms with van der Waals surface area (Å²) in [5, 5.41) is 0. The maximum atomic E-state index is 4.14. The van der Waals surface area contributed by atoms with Gasteiger partial charge in [-0.3, -0.25) is 0 Å². The zero-order chi connectivity index (χ0) is 7.23. The van der Waals surface area contributed by atoms with Crippen molar-refractivity contribution in [2.45, 2.75) is 19.3 Å². The van der Waals surface area contributed by atoms with Gasteiger partial charge in [-0.1, -0.05) is 12.2 Å². The van der Waals surface area contributed by atoms with Gasteiger partial charge in [-0.25, -0.2) is 0 Å². The van der Waals surface area contributed by atoms with Crippen molar-refractivity contribution in [2.24, 2.45) is 0 Å². The van der Waals surface area contributed by atoms with E-state index in [-0.39, 0.29) is 0 Å². The van der Waals surface area contributed by atoms with Crippen molar-refractivity contribution in [1.29, 1.82) is 0 Å². The number of rotatable bonds is 4. The Morgan fingerprint density at radius 1 is 1.40 bits per heavy atom. The second-order valence-corrected chi connectivity index (χ2v) is 2.82. The number of thiol groups is 1. The summed E-state index contributed by atoms with van der Waals surface area (Å²) >= 11 is 4.14. The number of unbranched alkanes of at least 4 members (excludes halogenated alkanes) is 1. The first-order chi connectivity index (χ1) is 4.93. The Balaban J connectivity index is 2.15. The van der Waals surface area contributed by atoms with Gasteiger partial charge in [0.05, 0.1) is 0 Å². The van der Waals surface area contributed by atoms with Crippen molar-refractivity contribution >= 4 is 12.6 Å². The molecule has 1 aliphatic carbocycles. The second-order valence-electron chi connectivity index (χ2n) is 2.38. The van der Waals surface area contributed by atoms with E-state index in [4.69, 9.17) is 0 Å². The highest BCUT2D eigenvalue weighted by atomic mass is 32.1. The molecule has 0 radical (unpaired) electrons. The van der Waals surface area contributed by atoms with Crippen LogP contribution in [-0.4, -0.2) is 5.75 Å². The van der Waals surface area contributed by atoms with Crippen LogP contribution in [0, 0.1) is 0 Å². The Bertz CT molecular complexity index is 183. The lowest BCUT2D eigenvalue weighted by Crippen LogP contribution is -1.78. The Morgan fingerprint density at radius 3 is 2.90 bits per heavy atom. The smallest absolute Gasteiger partial charge is 0.00601 e. The van der Waals surface area contributed by atoms with Crippen LogP contribution < -0.4 is 0 Å². The molecule has 0 aromatic rings. The lowest BCUT2D eigenvalue weighted by molar-refractivity contribution is 0.809. The van der Waals surface area contributed by atoms with Gasteiger partial charge < -0.3 is 0 Å². The van der Waals surface area contributed by atoms with Gasteiger partial charge in [0.15, 0.2) is 0 Å². The van der Waals surface area contributed by atoms with Gasteiger partial charge in [0.25, 0.3) is 0 Å². The molecule has 1 aliphatic rings. The standard InChI is InChI=1S/C9H12S/c10-8-4-3-7-9-5-1-2-6-9/h1-2,5,10H,3-4,7-8H2. The van der Waals surface area contributed by atoms with Crippen LogP contribution in [0.4, 0.5) is 0 Å². The molecule has 1 heteroatoms. The lowest BCUT2D eigenvalue weighted by Gasteiger charge is -1.94. The van der Waals surface area contributed by atoms with E-state index < -0.39 is 0 Å². The minimum absolute atomic E-state index is 1.00. The molecule has 0 nitrogen and oxygen atoms in total. The molecule has 0 saturated carbocycles. The van der Waals surface area contributed by atoms with Gasteiger partial charge in [-0.15, -0.1) is 5.73 Å². The Labute approximate surface area is 67.7 Å². The van der Waals surface area contributed by atoms with Gasteiger partial charge in [0.1, 0.15) is 0 Å². The molecule has 1 rings (SSSR count). The van der Waals surface area contributed by atoms with Crippen molar-refractivity contribution in [3.05, 3.63) is 29.5 Å². The van der Waals surface area contributed by atoms with E-state index >= 15 is 0 Å². The number of allylic oxidation sites excluding steroid dienone is 3. The third kappa shape index (κ3) is 2.47.